The van der Waals surface area contributed by atoms with Crippen molar-refractivity contribution in [1.29, 1.82) is 0 Å². The summed E-state index contributed by atoms with van der Waals surface area (Å²) in [5.41, 5.74) is 1.85. The molecule has 0 unspecified atom stereocenters. The Balaban J connectivity index is 1.98. The van der Waals surface area contributed by atoms with Gasteiger partial charge in [-0.05, 0) is 41.8 Å². The summed E-state index contributed by atoms with van der Waals surface area (Å²) in [5, 5.41) is 10.8. The van der Waals surface area contributed by atoms with E-state index in [4.69, 9.17) is 27.9 Å². The molecule has 20 heavy (non-hydrogen) atoms. The van der Waals surface area contributed by atoms with Gasteiger partial charge in [-0.1, -0.05) is 48.3 Å². The normalized spacial score (nSPS) is 12.2. The summed E-state index contributed by atoms with van der Waals surface area (Å²) < 4.78 is 5.67. The predicted molar refractivity (Wildman–Crippen MR) is 82.5 cm³/mol. The van der Waals surface area contributed by atoms with Crippen molar-refractivity contribution in [3.8, 4) is 5.75 Å². The molecule has 0 heterocycles. The van der Waals surface area contributed by atoms with Crippen LogP contribution in [0.15, 0.2) is 42.5 Å². The largest absolute Gasteiger partial charge is 0.489 e. The van der Waals surface area contributed by atoms with Crippen LogP contribution in [0.25, 0.3) is 0 Å². The summed E-state index contributed by atoms with van der Waals surface area (Å²) in [4.78, 5) is 0. The second kappa shape index (κ2) is 6.98. The van der Waals surface area contributed by atoms with E-state index >= 15 is 0 Å². The zero-order chi connectivity index (χ0) is 14.5. The number of ether oxygens (including phenoxy) is 1. The highest BCUT2D eigenvalue weighted by molar-refractivity contribution is 6.42. The van der Waals surface area contributed by atoms with Crippen molar-refractivity contribution < 1.29 is 9.84 Å². The Kier molecular flexibility index (Phi) is 5.30. The Bertz CT molecular complexity index is 567. The summed E-state index contributed by atoms with van der Waals surface area (Å²) in [5.74, 6) is 0.753. The molecule has 2 rings (SSSR count). The fourth-order valence-electron chi connectivity index (χ4n) is 1.82. The van der Waals surface area contributed by atoms with Crippen molar-refractivity contribution in [3.05, 3.63) is 63.6 Å². The van der Waals surface area contributed by atoms with Crippen molar-refractivity contribution >= 4 is 23.2 Å². The van der Waals surface area contributed by atoms with E-state index in [0.717, 1.165) is 16.9 Å². The second-order valence-electron chi connectivity index (χ2n) is 4.53. The molecule has 0 aliphatic heterocycles. The van der Waals surface area contributed by atoms with Gasteiger partial charge in [0, 0.05) is 0 Å². The molecule has 1 atom stereocenters. The first-order valence-electron chi connectivity index (χ1n) is 6.45. The number of hydrogen-bond acceptors (Lipinski definition) is 2. The lowest BCUT2D eigenvalue weighted by Crippen LogP contribution is -1.97. The van der Waals surface area contributed by atoms with Gasteiger partial charge in [0.2, 0.25) is 0 Å². The fourth-order valence-corrected chi connectivity index (χ4v) is 2.14. The molecule has 0 amide bonds. The Morgan fingerprint density at radius 1 is 1.05 bits per heavy atom. The van der Waals surface area contributed by atoms with Crippen molar-refractivity contribution in [3.63, 3.8) is 0 Å². The van der Waals surface area contributed by atoms with Crippen molar-refractivity contribution in [2.24, 2.45) is 0 Å². The second-order valence-corrected chi connectivity index (χ2v) is 5.34. The van der Waals surface area contributed by atoms with Crippen LogP contribution in [0, 0.1) is 0 Å². The maximum absolute atomic E-state index is 9.72. The van der Waals surface area contributed by atoms with E-state index in [1.165, 1.54) is 0 Å². The lowest BCUT2D eigenvalue weighted by Gasteiger charge is -2.10. The average Bonchev–Trinajstić information content (AvgIpc) is 2.48. The topological polar surface area (TPSA) is 29.5 Å². The quantitative estimate of drug-likeness (QED) is 0.840. The monoisotopic (exact) mass is 310 g/mol. The van der Waals surface area contributed by atoms with E-state index in [0.29, 0.717) is 23.1 Å². The van der Waals surface area contributed by atoms with Gasteiger partial charge >= 0.3 is 0 Å². The van der Waals surface area contributed by atoms with Crippen molar-refractivity contribution in [2.75, 3.05) is 0 Å². The number of hydrogen-bond donors (Lipinski definition) is 1. The van der Waals surface area contributed by atoms with Gasteiger partial charge in [0.15, 0.2) is 0 Å². The molecule has 106 valence electrons. The average molecular weight is 311 g/mol. The molecule has 0 saturated heterocycles. The number of aliphatic hydroxyl groups excluding tert-OH is 1. The van der Waals surface area contributed by atoms with Crippen molar-refractivity contribution in [1.82, 2.24) is 0 Å². The fraction of sp³-hybridized carbons (Fsp3) is 0.250. The Morgan fingerprint density at radius 2 is 1.75 bits per heavy atom. The number of benzene rings is 2. The van der Waals surface area contributed by atoms with Crippen LogP contribution in [-0.4, -0.2) is 5.11 Å². The summed E-state index contributed by atoms with van der Waals surface area (Å²) in [6.07, 6.45) is 0.280. The van der Waals surface area contributed by atoms with Crippen LogP contribution in [0.1, 0.15) is 30.6 Å². The Hall–Kier alpha value is -1.22. The molecule has 2 nitrogen and oxygen atoms in total. The molecule has 0 radical (unpaired) electrons. The molecule has 4 heteroatoms. The van der Waals surface area contributed by atoms with Gasteiger partial charge in [0.1, 0.15) is 12.4 Å². The van der Waals surface area contributed by atoms with Crippen LogP contribution < -0.4 is 4.74 Å². The molecule has 2 aromatic rings. The molecule has 0 saturated carbocycles. The van der Waals surface area contributed by atoms with E-state index in [-0.39, 0.29) is 0 Å². The highest BCUT2D eigenvalue weighted by atomic mass is 35.5. The van der Waals surface area contributed by atoms with Gasteiger partial charge in [-0.25, -0.2) is 0 Å². The van der Waals surface area contributed by atoms with Crippen LogP contribution in [-0.2, 0) is 6.61 Å². The third kappa shape index (κ3) is 3.89. The summed E-state index contributed by atoms with van der Waals surface area (Å²) in [6, 6.07) is 12.9. The molecule has 0 fully saturated rings. The molecule has 0 aliphatic rings. The first kappa shape index (κ1) is 15.2. The first-order valence-corrected chi connectivity index (χ1v) is 7.20. The molecule has 0 spiro atoms. The van der Waals surface area contributed by atoms with Gasteiger partial charge < -0.3 is 9.84 Å². The lowest BCUT2D eigenvalue weighted by molar-refractivity contribution is 0.173. The van der Waals surface area contributed by atoms with Crippen LogP contribution in [0.2, 0.25) is 10.0 Å². The summed E-state index contributed by atoms with van der Waals surface area (Å²) in [7, 11) is 0. The smallest absolute Gasteiger partial charge is 0.119 e. The number of rotatable bonds is 5. The number of aliphatic hydroxyl groups is 1. The van der Waals surface area contributed by atoms with Gasteiger partial charge in [0.05, 0.1) is 16.1 Å². The minimum atomic E-state index is -0.417. The minimum Gasteiger partial charge on any atom is -0.489 e. The molecule has 0 aliphatic carbocycles. The third-order valence-corrected chi connectivity index (χ3v) is 3.78. The van der Waals surface area contributed by atoms with E-state index in [1.54, 1.807) is 12.1 Å². The molecule has 0 bridgehead atoms. The van der Waals surface area contributed by atoms with E-state index < -0.39 is 6.10 Å². The zero-order valence-corrected chi connectivity index (χ0v) is 12.7. The van der Waals surface area contributed by atoms with Gasteiger partial charge in [0.25, 0.3) is 0 Å². The minimum absolute atomic E-state index is 0.417. The Labute approximate surface area is 128 Å². The van der Waals surface area contributed by atoms with Crippen LogP contribution in [0.3, 0.4) is 0 Å². The molecular weight excluding hydrogens is 295 g/mol. The highest BCUT2D eigenvalue weighted by Gasteiger charge is 2.05. The van der Waals surface area contributed by atoms with Crippen LogP contribution >= 0.6 is 23.2 Å². The standard InChI is InChI=1S/C16H16Cl2O2/c1-2-16(19)12-4-6-13(7-5-12)20-10-11-3-8-14(17)15(18)9-11/h3-9,16,19H,2,10H2,1H3/t16-/m0/s1. The van der Waals surface area contributed by atoms with Gasteiger partial charge in [-0.2, -0.15) is 0 Å². The van der Waals surface area contributed by atoms with E-state index in [1.807, 2.05) is 37.3 Å². The molecule has 2 aromatic carbocycles. The van der Waals surface area contributed by atoms with E-state index in [2.05, 4.69) is 0 Å². The molecular formula is C16H16Cl2O2. The SMILES string of the molecule is CC[C@H](O)c1ccc(OCc2ccc(Cl)c(Cl)c2)cc1. The van der Waals surface area contributed by atoms with Crippen molar-refractivity contribution in [2.45, 2.75) is 26.1 Å². The van der Waals surface area contributed by atoms with Crippen LogP contribution in [0.4, 0.5) is 0 Å². The summed E-state index contributed by atoms with van der Waals surface area (Å²) >= 11 is 11.8. The van der Waals surface area contributed by atoms with Crippen LogP contribution in [0.5, 0.6) is 5.75 Å². The zero-order valence-electron chi connectivity index (χ0n) is 11.1. The lowest BCUT2D eigenvalue weighted by atomic mass is 10.1. The maximum Gasteiger partial charge on any atom is 0.119 e. The Morgan fingerprint density at radius 3 is 2.35 bits per heavy atom. The van der Waals surface area contributed by atoms with E-state index in [9.17, 15) is 5.11 Å². The highest BCUT2D eigenvalue weighted by Crippen LogP contribution is 2.24. The third-order valence-electron chi connectivity index (χ3n) is 3.04. The summed E-state index contributed by atoms with van der Waals surface area (Å²) in [6.45, 7) is 2.37. The maximum atomic E-state index is 9.72. The first-order chi connectivity index (χ1) is 9.60. The predicted octanol–water partition coefficient (Wildman–Crippen LogP) is 5.02. The molecule has 0 aromatic heterocycles. The van der Waals surface area contributed by atoms with Gasteiger partial charge in [-0.15, -0.1) is 0 Å². The number of halogens is 2. The van der Waals surface area contributed by atoms with Gasteiger partial charge in [-0.3, -0.25) is 0 Å². The molecule has 1 N–H and O–H groups in total.